The molecule has 13 aromatic rings. The molecule has 0 saturated heterocycles. The summed E-state index contributed by atoms with van der Waals surface area (Å²) in [6, 6.07) is 107. The Bertz CT molecular complexity index is 2750. The molecule has 6 N–H and O–H groups in total. The minimum Gasteiger partial charge on any atom is -0.400 e. The molecular formula is C81H96O6. The smallest absolute Gasteiger partial charge is 0.0319 e. The molecule has 0 aromatic heterocycles. The zero-order valence-electron chi connectivity index (χ0n) is 53.4. The van der Waals surface area contributed by atoms with Crippen LogP contribution in [0, 0.1) is 0 Å². The maximum atomic E-state index is 7.00. The van der Waals surface area contributed by atoms with Crippen molar-refractivity contribution in [3.05, 3.63) is 326 Å². The van der Waals surface area contributed by atoms with Crippen LogP contribution in [0.25, 0.3) is 64.6 Å². The number of rotatable bonds is 3. The standard InChI is InChI=1S/C15H24.6C10H8.6CH4O/c1-10(2)13-7-14(11(3)4)9-15(8-13)12(5)6;6*1-2-6-10-8-4-3-7-9(10)5-1;6*1-2/h7-12H,1-6H3;6*1-8H;6*2H,1H3. The van der Waals surface area contributed by atoms with E-state index in [9.17, 15) is 0 Å². The first-order valence-corrected chi connectivity index (χ1v) is 29.2. The van der Waals surface area contributed by atoms with E-state index in [1.165, 1.54) is 81.3 Å². The van der Waals surface area contributed by atoms with E-state index in [0.29, 0.717) is 17.8 Å². The van der Waals surface area contributed by atoms with E-state index < -0.39 is 0 Å². The third-order valence-corrected chi connectivity index (χ3v) is 13.0. The Morgan fingerprint density at radius 1 is 0.149 bits per heavy atom. The summed E-state index contributed by atoms with van der Waals surface area (Å²) in [6.45, 7) is 13.6. The maximum absolute atomic E-state index is 7.00. The maximum Gasteiger partial charge on any atom is 0.0319 e. The monoisotopic (exact) mass is 1160 g/mol. The summed E-state index contributed by atoms with van der Waals surface area (Å²) in [6.07, 6.45) is 0. The second kappa shape index (κ2) is 48.4. The lowest BCUT2D eigenvalue weighted by molar-refractivity contribution is 0.399. The molecule has 6 nitrogen and oxygen atoms in total. The lowest BCUT2D eigenvalue weighted by Crippen LogP contribution is -1.98. The van der Waals surface area contributed by atoms with Gasteiger partial charge in [-0.15, -0.1) is 0 Å². The van der Waals surface area contributed by atoms with Crippen molar-refractivity contribution in [3.8, 4) is 0 Å². The van der Waals surface area contributed by atoms with Crippen LogP contribution in [0.3, 0.4) is 0 Å². The molecule has 0 heterocycles. The molecule has 0 atom stereocenters. The van der Waals surface area contributed by atoms with E-state index in [1.54, 1.807) is 0 Å². The van der Waals surface area contributed by atoms with Gasteiger partial charge in [0.2, 0.25) is 0 Å². The van der Waals surface area contributed by atoms with Crippen molar-refractivity contribution < 1.29 is 30.6 Å². The zero-order chi connectivity index (χ0) is 64.5. The van der Waals surface area contributed by atoms with E-state index in [2.05, 4.69) is 351 Å². The van der Waals surface area contributed by atoms with Crippen LogP contribution in [0.1, 0.15) is 76.0 Å². The quantitative estimate of drug-likeness (QED) is 0.105. The molecule has 13 aromatic carbocycles. The molecule has 0 spiro atoms. The average Bonchev–Trinajstić information content (AvgIpc) is 3.78. The van der Waals surface area contributed by atoms with Crippen LogP contribution in [-0.2, 0) is 0 Å². The number of hydrogen-bond donors (Lipinski definition) is 6. The van der Waals surface area contributed by atoms with E-state index >= 15 is 0 Å². The number of benzene rings is 13. The second-order valence-electron chi connectivity index (χ2n) is 19.5. The lowest BCUT2D eigenvalue weighted by atomic mass is 9.90. The summed E-state index contributed by atoms with van der Waals surface area (Å²) in [5, 5.41) is 57.7. The van der Waals surface area contributed by atoms with Gasteiger partial charge in [-0.1, -0.05) is 351 Å². The number of aliphatic hydroxyl groups excluding tert-OH is 6. The summed E-state index contributed by atoms with van der Waals surface area (Å²) >= 11 is 0. The Balaban J connectivity index is 0.000000494. The molecule has 0 bridgehead atoms. The first kappa shape index (κ1) is 76.2. The van der Waals surface area contributed by atoms with Crippen LogP contribution in [0.4, 0.5) is 0 Å². The fourth-order valence-electron chi connectivity index (χ4n) is 8.50. The second-order valence-corrected chi connectivity index (χ2v) is 19.5. The third kappa shape index (κ3) is 28.7. The van der Waals surface area contributed by atoms with Crippen molar-refractivity contribution in [2.24, 2.45) is 0 Å². The van der Waals surface area contributed by atoms with Crippen LogP contribution in [0.2, 0.25) is 0 Å². The van der Waals surface area contributed by atoms with Gasteiger partial charge in [-0.05, 0) is 99.1 Å². The fraction of sp³-hybridized carbons (Fsp3) is 0.185. The highest BCUT2D eigenvalue weighted by molar-refractivity contribution is 5.85. The van der Waals surface area contributed by atoms with Gasteiger partial charge < -0.3 is 30.6 Å². The SMILES string of the molecule is CC(C)c1cc(C(C)C)cc(C(C)C)c1.CO.CO.CO.CO.CO.CO.c1ccc2ccccc2c1.c1ccc2ccccc2c1.c1ccc2ccccc2c1.c1ccc2ccccc2c1.c1ccc2ccccc2c1.c1ccc2ccccc2c1. The van der Waals surface area contributed by atoms with Gasteiger partial charge in [0.05, 0.1) is 0 Å². The zero-order valence-corrected chi connectivity index (χ0v) is 53.4. The molecule has 0 saturated carbocycles. The summed E-state index contributed by atoms with van der Waals surface area (Å²) in [4.78, 5) is 0. The molecule has 0 fully saturated rings. The van der Waals surface area contributed by atoms with Crippen LogP contribution in [0.5, 0.6) is 0 Å². The number of fused-ring (bicyclic) bond motifs is 6. The summed E-state index contributed by atoms with van der Waals surface area (Å²) in [7, 11) is 6.00. The highest BCUT2D eigenvalue weighted by Gasteiger charge is 2.09. The van der Waals surface area contributed by atoms with Gasteiger partial charge in [-0.3, -0.25) is 0 Å². The predicted octanol–water partition coefficient (Wildman–Crippen LogP) is 19.7. The average molecular weight is 1170 g/mol. The van der Waals surface area contributed by atoms with Crippen molar-refractivity contribution >= 4 is 64.6 Å². The molecule has 0 aliphatic carbocycles. The Kier molecular flexibility index (Phi) is 42.4. The molecule has 87 heavy (non-hydrogen) atoms. The van der Waals surface area contributed by atoms with Gasteiger partial charge in [0.25, 0.3) is 0 Å². The fourth-order valence-corrected chi connectivity index (χ4v) is 8.50. The Labute approximate surface area is 520 Å². The largest absolute Gasteiger partial charge is 0.400 e. The molecule has 6 heteroatoms. The van der Waals surface area contributed by atoms with E-state index in [-0.39, 0.29) is 0 Å². The first-order valence-electron chi connectivity index (χ1n) is 29.2. The number of hydrogen-bond acceptors (Lipinski definition) is 6. The molecule has 0 radical (unpaired) electrons. The van der Waals surface area contributed by atoms with Crippen molar-refractivity contribution in [1.82, 2.24) is 0 Å². The molecule has 0 aliphatic rings. The van der Waals surface area contributed by atoms with Gasteiger partial charge in [0.1, 0.15) is 0 Å². The highest BCUT2D eigenvalue weighted by atomic mass is 16.2. The lowest BCUT2D eigenvalue weighted by Gasteiger charge is -2.16. The molecule has 0 amide bonds. The summed E-state index contributed by atoms with van der Waals surface area (Å²) < 4.78 is 0. The molecule has 456 valence electrons. The Morgan fingerprint density at radius 3 is 0.276 bits per heavy atom. The van der Waals surface area contributed by atoms with Gasteiger partial charge in [-0.2, -0.15) is 0 Å². The van der Waals surface area contributed by atoms with Gasteiger partial charge in [0, 0.05) is 42.7 Å². The third-order valence-electron chi connectivity index (χ3n) is 13.0. The first-order chi connectivity index (χ1) is 42.7. The van der Waals surface area contributed by atoms with Crippen molar-refractivity contribution in [2.45, 2.75) is 59.3 Å². The Hall–Kier alpha value is -8.82. The van der Waals surface area contributed by atoms with Crippen LogP contribution < -0.4 is 0 Å². The van der Waals surface area contributed by atoms with Crippen LogP contribution in [0.15, 0.2) is 309 Å². The molecule has 13 rings (SSSR count). The van der Waals surface area contributed by atoms with Crippen LogP contribution in [-0.4, -0.2) is 73.3 Å². The van der Waals surface area contributed by atoms with Gasteiger partial charge in [-0.25, -0.2) is 0 Å². The topological polar surface area (TPSA) is 121 Å². The molecule has 0 unspecified atom stereocenters. The molecular weight excluding hydrogens is 1070 g/mol. The van der Waals surface area contributed by atoms with E-state index in [1.807, 2.05) is 0 Å². The normalized spacial score (nSPS) is 9.34. The highest BCUT2D eigenvalue weighted by Crippen LogP contribution is 2.27. The Morgan fingerprint density at radius 2 is 0.218 bits per heavy atom. The summed E-state index contributed by atoms with van der Waals surface area (Å²) in [5.74, 6) is 1.88. The molecule has 0 aliphatic heterocycles. The minimum atomic E-state index is 0.626. The minimum absolute atomic E-state index is 0.626. The van der Waals surface area contributed by atoms with E-state index in [4.69, 9.17) is 30.6 Å². The number of aliphatic hydroxyl groups is 6. The summed E-state index contributed by atoms with van der Waals surface area (Å²) in [5.41, 5.74) is 4.43. The van der Waals surface area contributed by atoms with Gasteiger partial charge in [0.15, 0.2) is 0 Å². The van der Waals surface area contributed by atoms with Crippen molar-refractivity contribution in [1.29, 1.82) is 0 Å². The van der Waals surface area contributed by atoms with E-state index in [0.717, 1.165) is 42.7 Å². The van der Waals surface area contributed by atoms with Crippen molar-refractivity contribution in [3.63, 3.8) is 0 Å². The van der Waals surface area contributed by atoms with Crippen LogP contribution >= 0.6 is 0 Å². The van der Waals surface area contributed by atoms with Crippen molar-refractivity contribution in [2.75, 3.05) is 42.7 Å². The predicted molar refractivity (Wildman–Crippen MR) is 381 cm³/mol. The van der Waals surface area contributed by atoms with Gasteiger partial charge >= 0.3 is 0 Å².